The van der Waals surface area contributed by atoms with E-state index < -0.39 is 0 Å². The third-order valence-electron chi connectivity index (χ3n) is 3.26. The molecule has 0 radical (unpaired) electrons. The lowest BCUT2D eigenvalue weighted by atomic mass is 9.77. The Hall–Kier alpha value is -0.610. The molecule has 1 aliphatic heterocycles. The third kappa shape index (κ3) is 2.07. The van der Waals surface area contributed by atoms with E-state index in [9.17, 15) is 4.79 Å². The van der Waals surface area contributed by atoms with Crippen molar-refractivity contribution in [2.45, 2.75) is 31.2 Å². The molecule has 4 heteroatoms. The van der Waals surface area contributed by atoms with Gasteiger partial charge in [-0.1, -0.05) is 0 Å². The van der Waals surface area contributed by atoms with Crippen LogP contribution in [0.5, 0.6) is 0 Å². The van der Waals surface area contributed by atoms with E-state index in [2.05, 4.69) is 5.32 Å². The summed E-state index contributed by atoms with van der Waals surface area (Å²) in [4.78, 5) is 11.6. The molecule has 2 rings (SSSR count). The van der Waals surface area contributed by atoms with Crippen molar-refractivity contribution in [1.29, 1.82) is 0 Å². The third-order valence-corrected chi connectivity index (χ3v) is 3.26. The van der Waals surface area contributed by atoms with Crippen molar-refractivity contribution in [3.63, 3.8) is 0 Å². The molecule has 3 N–H and O–H groups in total. The van der Waals surface area contributed by atoms with Gasteiger partial charge in [0, 0.05) is 18.7 Å². The number of carbonyl (C=O) groups is 1. The molecular formula is C10H18N2O2. The zero-order valence-corrected chi connectivity index (χ0v) is 8.42. The molecule has 1 aliphatic carbocycles. The first kappa shape index (κ1) is 9.93. The maximum absolute atomic E-state index is 11.6. The zero-order valence-electron chi connectivity index (χ0n) is 8.42. The molecule has 0 aromatic carbocycles. The van der Waals surface area contributed by atoms with E-state index in [4.69, 9.17) is 10.5 Å². The van der Waals surface area contributed by atoms with E-state index in [1.807, 2.05) is 0 Å². The van der Waals surface area contributed by atoms with E-state index in [-0.39, 0.29) is 17.4 Å². The number of ether oxygens (including phenoxy) is 1. The van der Waals surface area contributed by atoms with E-state index in [1.165, 1.54) is 6.42 Å². The number of amides is 1. The first-order valence-corrected chi connectivity index (χ1v) is 5.34. The monoisotopic (exact) mass is 198 g/mol. The predicted octanol–water partition coefficient (Wildman–Crippen LogP) is 0.0205. The lowest BCUT2D eigenvalue weighted by Gasteiger charge is -2.38. The fourth-order valence-corrected chi connectivity index (χ4v) is 1.96. The summed E-state index contributed by atoms with van der Waals surface area (Å²) in [6, 6.07) is 0. The molecule has 1 amide bonds. The highest BCUT2D eigenvalue weighted by Crippen LogP contribution is 2.28. The number of carbonyl (C=O) groups excluding carboxylic acids is 1. The highest BCUT2D eigenvalue weighted by Gasteiger charge is 2.33. The second-order valence-corrected chi connectivity index (χ2v) is 4.49. The summed E-state index contributed by atoms with van der Waals surface area (Å²) in [6.07, 6.45) is 4.12. The molecule has 2 fully saturated rings. The van der Waals surface area contributed by atoms with Crippen LogP contribution in [0.2, 0.25) is 0 Å². The van der Waals surface area contributed by atoms with Crippen LogP contribution in [0.25, 0.3) is 0 Å². The van der Waals surface area contributed by atoms with Crippen molar-refractivity contribution in [2.75, 3.05) is 19.8 Å². The molecule has 1 saturated carbocycles. The first-order valence-electron chi connectivity index (χ1n) is 5.34. The highest BCUT2D eigenvalue weighted by atomic mass is 16.5. The topological polar surface area (TPSA) is 64.3 Å². The molecule has 1 heterocycles. The molecule has 1 unspecified atom stereocenters. The van der Waals surface area contributed by atoms with Gasteiger partial charge in [0.15, 0.2) is 0 Å². The van der Waals surface area contributed by atoms with Crippen LogP contribution in [0.15, 0.2) is 0 Å². The Morgan fingerprint density at radius 3 is 2.86 bits per heavy atom. The zero-order chi connectivity index (χ0) is 10.0. The minimum Gasteiger partial charge on any atom is -0.381 e. The summed E-state index contributed by atoms with van der Waals surface area (Å²) in [5.41, 5.74) is 5.89. The van der Waals surface area contributed by atoms with Crippen LogP contribution in [0.4, 0.5) is 0 Å². The van der Waals surface area contributed by atoms with Gasteiger partial charge < -0.3 is 15.8 Å². The molecule has 0 bridgehead atoms. The van der Waals surface area contributed by atoms with Gasteiger partial charge in [0.25, 0.3) is 0 Å². The second kappa shape index (κ2) is 3.87. The Kier molecular flexibility index (Phi) is 2.74. The second-order valence-electron chi connectivity index (χ2n) is 4.49. The summed E-state index contributed by atoms with van der Waals surface area (Å²) in [5, 5.41) is 2.92. The molecule has 80 valence electrons. The average Bonchev–Trinajstić information content (AvgIpc) is 2.63. The van der Waals surface area contributed by atoms with Gasteiger partial charge >= 0.3 is 0 Å². The van der Waals surface area contributed by atoms with Crippen molar-refractivity contribution in [3.8, 4) is 0 Å². The summed E-state index contributed by atoms with van der Waals surface area (Å²) in [5.74, 6) is 0.165. The van der Waals surface area contributed by atoms with Crippen molar-refractivity contribution in [1.82, 2.24) is 5.32 Å². The molecule has 2 aliphatic rings. The number of nitrogens with one attached hydrogen (secondary N) is 1. The van der Waals surface area contributed by atoms with Crippen LogP contribution in [0.3, 0.4) is 0 Å². The molecule has 0 spiro atoms. The molecule has 0 aromatic rings. The van der Waals surface area contributed by atoms with Gasteiger partial charge in [-0.15, -0.1) is 0 Å². The summed E-state index contributed by atoms with van der Waals surface area (Å²) < 4.78 is 5.16. The Bertz CT molecular complexity index is 220. The van der Waals surface area contributed by atoms with Crippen molar-refractivity contribution in [2.24, 2.45) is 11.7 Å². The Balaban J connectivity index is 1.71. The van der Waals surface area contributed by atoms with Gasteiger partial charge in [0.05, 0.1) is 12.5 Å². The number of hydrogen-bond acceptors (Lipinski definition) is 3. The van der Waals surface area contributed by atoms with Gasteiger partial charge in [-0.05, 0) is 25.7 Å². The fraction of sp³-hybridized carbons (Fsp3) is 0.900. The average molecular weight is 198 g/mol. The highest BCUT2D eigenvalue weighted by molar-refractivity contribution is 5.79. The van der Waals surface area contributed by atoms with E-state index in [0.29, 0.717) is 19.8 Å². The van der Waals surface area contributed by atoms with E-state index >= 15 is 0 Å². The number of hydrogen-bond donors (Lipinski definition) is 2. The maximum atomic E-state index is 11.6. The van der Waals surface area contributed by atoms with Gasteiger partial charge in [-0.25, -0.2) is 0 Å². The lowest BCUT2D eigenvalue weighted by molar-refractivity contribution is -0.125. The SMILES string of the molecule is NC1(CNC(=O)C2CCOC2)CCC1. The van der Waals surface area contributed by atoms with Crippen LogP contribution in [0, 0.1) is 5.92 Å². The van der Waals surface area contributed by atoms with Gasteiger partial charge in [-0.2, -0.15) is 0 Å². The summed E-state index contributed by atoms with van der Waals surface area (Å²) in [7, 11) is 0. The van der Waals surface area contributed by atoms with Crippen LogP contribution >= 0.6 is 0 Å². The van der Waals surface area contributed by atoms with Crippen molar-refractivity contribution in [3.05, 3.63) is 0 Å². The number of rotatable bonds is 3. The smallest absolute Gasteiger partial charge is 0.225 e. The van der Waals surface area contributed by atoms with Crippen molar-refractivity contribution >= 4 is 5.91 Å². The molecule has 1 saturated heterocycles. The van der Waals surface area contributed by atoms with Crippen LogP contribution in [-0.4, -0.2) is 31.2 Å². The normalized spacial score (nSPS) is 29.6. The van der Waals surface area contributed by atoms with Gasteiger partial charge in [0.1, 0.15) is 0 Å². The lowest BCUT2D eigenvalue weighted by Crippen LogP contribution is -2.55. The summed E-state index contributed by atoms with van der Waals surface area (Å²) in [6.45, 7) is 1.91. The predicted molar refractivity (Wildman–Crippen MR) is 52.7 cm³/mol. The number of nitrogens with two attached hydrogens (primary N) is 1. The van der Waals surface area contributed by atoms with E-state index in [1.54, 1.807) is 0 Å². The molecular weight excluding hydrogens is 180 g/mol. The quantitative estimate of drug-likeness (QED) is 0.672. The van der Waals surface area contributed by atoms with Crippen LogP contribution < -0.4 is 11.1 Å². The maximum Gasteiger partial charge on any atom is 0.225 e. The van der Waals surface area contributed by atoms with Crippen LogP contribution in [-0.2, 0) is 9.53 Å². The van der Waals surface area contributed by atoms with Gasteiger partial charge in [-0.3, -0.25) is 4.79 Å². The summed E-state index contributed by atoms with van der Waals surface area (Å²) >= 11 is 0. The van der Waals surface area contributed by atoms with Crippen LogP contribution in [0.1, 0.15) is 25.7 Å². The minimum absolute atomic E-state index is 0.0543. The van der Waals surface area contributed by atoms with Crippen molar-refractivity contribution < 1.29 is 9.53 Å². The largest absolute Gasteiger partial charge is 0.381 e. The first-order chi connectivity index (χ1) is 6.70. The fourth-order valence-electron chi connectivity index (χ4n) is 1.96. The Morgan fingerprint density at radius 1 is 1.57 bits per heavy atom. The molecule has 14 heavy (non-hydrogen) atoms. The van der Waals surface area contributed by atoms with Gasteiger partial charge in [0.2, 0.25) is 5.91 Å². The van der Waals surface area contributed by atoms with E-state index in [0.717, 1.165) is 19.3 Å². The molecule has 0 aromatic heterocycles. The Morgan fingerprint density at radius 2 is 2.36 bits per heavy atom. The minimum atomic E-state index is -0.116. The standard InChI is InChI=1S/C10H18N2O2/c11-10(3-1-4-10)7-12-9(13)8-2-5-14-6-8/h8H,1-7,11H2,(H,12,13). The molecule has 1 atom stereocenters. The molecule has 4 nitrogen and oxygen atoms in total. The Labute approximate surface area is 84.2 Å².